The zero-order valence-corrected chi connectivity index (χ0v) is 13.5. The molecule has 3 aromatic rings. The summed E-state index contributed by atoms with van der Waals surface area (Å²) in [6.07, 6.45) is 2.53. The van der Waals surface area contributed by atoms with Gasteiger partial charge in [0.05, 0.1) is 25.8 Å². The van der Waals surface area contributed by atoms with Gasteiger partial charge >= 0.3 is 5.97 Å². The molecule has 0 aliphatic carbocycles. The van der Waals surface area contributed by atoms with Gasteiger partial charge in [-0.15, -0.1) is 0 Å². The second-order valence-electron chi connectivity index (χ2n) is 5.90. The first-order chi connectivity index (χ1) is 12.1. The molecule has 1 aromatic heterocycles. The average molecular weight is 337 g/mol. The van der Waals surface area contributed by atoms with Gasteiger partial charge in [-0.2, -0.15) is 0 Å². The van der Waals surface area contributed by atoms with E-state index in [9.17, 15) is 14.7 Å². The molecule has 0 unspecified atom stereocenters. The molecule has 0 radical (unpaired) electrons. The highest BCUT2D eigenvalue weighted by atomic mass is 16.5. The second-order valence-corrected chi connectivity index (χ2v) is 5.90. The van der Waals surface area contributed by atoms with E-state index >= 15 is 0 Å². The summed E-state index contributed by atoms with van der Waals surface area (Å²) < 4.78 is 11.9. The Bertz CT molecular complexity index is 1020. The van der Waals surface area contributed by atoms with E-state index in [-0.39, 0.29) is 11.3 Å². The van der Waals surface area contributed by atoms with Gasteiger partial charge in [0.25, 0.3) is 0 Å². The predicted octanol–water partition coefficient (Wildman–Crippen LogP) is 2.97. The van der Waals surface area contributed by atoms with Crippen LogP contribution in [0.3, 0.4) is 0 Å². The number of hydrogen-bond donors (Lipinski definition) is 1. The lowest BCUT2D eigenvalue weighted by atomic mass is 10.1. The van der Waals surface area contributed by atoms with Gasteiger partial charge in [-0.3, -0.25) is 4.79 Å². The fourth-order valence-corrected chi connectivity index (χ4v) is 3.18. The van der Waals surface area contributed by atoms with Crippen LogP contribution in [0.5, 0.6) is 5.75 Å². The summed E-state index contributed by atoms with van der Waals surface area (Å²) in [4.78, 5) is 23.1. The third-order valence-corrected chi connectivity index (χ3v) is 4.46. The van der Waals surface area contributed by atoms with Crippen molar-refractivity contribution in [2.45, 2.75) is 13.2 Å². The fraction of sp³-hybridized carbons (Fsp3) is 0.158. The summed E-state index contributed by atoms with van der Waals surface area (Å²) >= 11 is 0. The van der Waals surface area contributed by atoms with Crippen LogP contribution in [0, 0.1) is 0 Å². The lowest BCUT2D eigenvalue weighted by Gasteiger charge is -2.09. The first-order valence-corrected chi connectivity index (χ1v) is 7.74. The summed E-state index contributed by atoms with van der Waals surface area (Å²) in [5, 5.41) is 11.0. The van der Waals surface area contributed by atoms with Gasteiger partial charge in [0, 0.05) is 28.9 Å². The third kappa shape index (κ3) is 2.38. The van der Waals surface area contributed by atoms with E-state index in [2.05, 4.69) is 4.74 Å². The van der Waals surface area contributed by atoms with Gasteiger partial charge < -0.3 is 19.1 Å². The molecule has 0 fully saturated rings. The van der Waals surface area contributed by atoms with Crippen molar-refractivity contribution in [3.05, 3.63) is 58.8 Å². The van der Waals surface area contributed by atoms with Crippen molar-refractivity contribution in [2.24, 2.45) is 0 Å². The molecule has 0 saturated carbocycles. The lowest BCUT2D eigenvalue weighted by Crippen LogP contribution is -2.02. The van der Waals surface area contributed by atoms with Crippen LogP contribution in [0.1, 0.15) is 31.8 Å². The summed E-state index contributed by atoms with van der Waals surface area (Å²) in [6.45, 7) is 1.09. The normalized spacial score (nSPS) is 13.0. The Morgan fingerprint density at radius 2 is 2.00 bits per heavy atom. The smallest absolute Gasteiger partial charge is 0.341 e. The molecule has 0 atom stereocenters. The van der Waals surface area contributed by atoms with Crippen molar-refractivity contribution in [1.29, 1.82) is 0 Å². The highest BCUT2D eigenvalue weighted by Crippen LogP contribution is 2.32. The van der Waals surface area contributed by atoms with Crippen molar-refractivity contribution in [3.8, 4) is 11.4 Å². The van der Waals surface area contributed by atoms with Gasteiger partial charge in [-0.1, -0.05) is 0 Å². The van der Waals surface area contributed by atoms with Crippen molar-refractivity contribution >= 4 is 23.2 Å². The number of aromatic nitrogens is 1. The van der Waals surface area contributed by atoms with Gasteiger partial charge in [-0.25, -0.2) is 4.79 Å². The molecule has 0 spiro atoms. The van der Waals surface area contributed by atoms with Crippen LogP contribution < -0.4 is 0 Å². The van der Waals surface area contributed by atoms with Crippen LogP contribution >= 0.6 is 0 Å². The van der Waals surface area contributed by atoms with Crippen molar-refractivity contribution in [3.63, 3.8) is 0 Å². The number of methoxy groups -OCH3 is 1. The van der Waals surface area contributed by atoms with E-state index in [0.717, 1.165) is 28.3 Å². The molecule has 2 aromatic carbocycles. The van der Waals surface area contributed by atoms with E-state index in [1.165, 1.54) is 19.2 Å². The molecule has 2 heterocycles. The van der Waals surface area contributed by atoms with E-state index in [1.54, 1.807) is 12.3 Å². The number of ether oxygens (including phenoxy) is 2. The van der Waals surface area contributed by atoms with Crippen LogP contribution in [0.4, 0.5) is 0 Å². The van der Waals surface area contributed by atoms with Crippen LogP contribution in [0.2, 0.25) is 0 Å². The number of fused-ring (bicyclic) bond motifs is 2. The summed E-state index contributed by atoms with van der Waals surface area (Å²) in [7, 11) is 1.26. The number of benzene rings is 2. The van der Waals surface area contributed by atoms with E-state index < -0.39 is 5.97 Å². The topological polar surface area (TPSA) is 77.8 Å². The molecule has 4 rings (SSSR count). The quantitative estimate of drug-likeness (QED) is 0.587. The molecule has 126 valence electrons. The number of carbonyl (C=O) groups is 2. The Morgan fingerprint density at radius 1 is 1.24 bits per heavy atom. The van der Waals surface area contributed by atoms with Gasteiger partial charge in [-0.05, 0) is 35.4 Å². The number of aromatic hydroxyl groups is 1. The monoisotopic (exact) mass is 337 g/mol. The van der Waals surface area contributed by atoms with Gasteiger partial charge in [0.2, 0.25) is 0 Å². The molecule has 0 saturated heterocycles. The molecule has 1 aliphatic rings. The van der Waals surface area contributed by atoms with E-state index in [4.69, 9.17) is 4.74 Å². The summed E-state index contributed by atoms with van der Waals surface area (Å²) in [6, 6.07) is 8.64. The number of carbonyl (C=O) groups excluding carboxylic acids is 2. The fourth-order valence-electron chi connectivity index (χ4n) is 3.18. The van der Waals surface area contributed by atoms with Crippen molar-refractivity contribution < 1.29 is 24.2 Å². The van der Waals surface area contributed by atoms with Crippen LogP contribution in [-0.4, -0.2) is 29.0 Å². The first-order valence-electron chi connectivity index (χ1n) is 7.74. The Morgan fingerprint density at radius 3 is 2.68 bits per heavy atom. The number of phenols is 1. The lowest BCUT2D eigenvalue weighted by molar-refractivity contribution is 0.0597. The number of hydrogen-bond acceptors (Lipinski definition) is 5. The van der Waals surface area contributed by atoms with Gasteiger partial charge in [0.15, 0.2) is 6.29 Å². The number of rotatable bonds is 3. The first kappa shape index (κ1) is 15.4. The maximum absolute atomic E-state index is 11.6. The highest BCUT2D eigenvalue weighted by Gasteiger charge is 2.18. The number of phenolic OH excluding ortho intramolecular Hbond substituents is 1. The van der Waals surface area contributed by atoms with Gasteiger partial charge in [0.1, 0.15) is 11.3 Å². The Balaban J connectivity index is 1.91. The standard InChI is InChI=1S/C19H15NO5/c1-24-19(23)15-3-2-14(6-18(15)22)20-7-13(8-21)16-4-11-9-25-10-12(11)5-17(16)20/h2-8,22H,9-10H2,1H3. The van der Waals surface area contributed by atoms with E-state index in [1.807, 2.05) is 16.7 Å². The van der Waals surface area contributed by atoms with Crippen molar-refractivity contribution in [2.75, 3.05) is 7.11 Å². The zero-order valence-electron chi connectivity index (χ0n) is 13.5. The molecular weight excluding hydrogens is 322 g/mol. The Kier molecular flexibility index (Phi) is 3.54. The van der Waals surface area contributed by atoms with Crippen molar-refractivity contribution in [1.82, 2.24) is 4.57 Å². The second kappa shape index (κ2) is 5.75. The molecule has 1 N–H and O–H groups in total. The minimum atomic E-state index is -0.607. The minimum absolute atomic E-state index is 0.0904. The SMILES string of the molecule is COC(=O)c1ccc(-n2cc(C=O)c3cc4c(cc32)COC4)cc1O. The Labute approximate surface area is 143 Å². The zero-order chi connectivity index (χ0) is 17.6. The van der Waals surface area contributed by atoms with Crippen LogP contribution in [0.25, 0.3) is 16.6 Å². The van der Waals surface area contributed by atoms with E-state index in [0.29, 0.717) is 24.5 Å². The largest absolute Gasteiger partial charge is 0.507 e. The number of nitrogens with zero attached hydrogens (tertiary/aromatic N) is 1. The number of esters is 1. The average Bonchev–Trinajstić information content (AvgIpc) is 3.22. The van der Waals surface area contributed by atoms with Crippen LogP contribution in [0.15, 0.2) is 36.5 Å². The Hall–Kier alpha value is -3.12. The van der Waals surface area contributed by atoms with Crippen LogP contribution in [-0.2, 0) is 22.7 Å². The third-order valence-electron chi connectivity index (χ3n) is 4.46. The molecule has 0 amide bonds. The minimum Gasteiger partial charge on any atom is -0.507 e. The molecule has 25 heavy (non-hydrogen) atoms. The summed E-state index contributed by atoms with van der Waals surface area (Å²) in [5.41, 5.74) is 4.30. The molecule has 6 nitrogen and oxygen atoms in total. The molecule has 6 heteroatoms. The molecule has 1 aliphatic heterocycles. The molecule has 0 bridgehead atoms. The maximum Gasteiger partial charge on any atom is 0.341 e. The number of aldehydes is 1. The highest BCUT2D eigenvalue weighted by molar-refractivity contribution is 5.99. The maximum atomic E-state index is 11.6. The predicted molar refractivity (Wildman–Crippen MR) is 90.2 cm³/mol. The molecular formula is C19H15NO5. The summed E-state index contributed by atoms with van der Waals surface area (Å²) in [5.74, 6) is -0.784.